The van der Waals surface area contributed by atoms with Crippen LogP contribution in [0.15, 0.2) is 30.3 Å². The lowest BCUT2D eigenvalue weighted by Gasteiger charge is -2.29. The molecule has 1 fully saturated rings. The molecule has 6 rings (SSSR count). The van der Waals surface area contributed by atoms with Crippen molar-refractivity contribution in [3.05, 3.63) is 41.5 Å². The molecule has 144 valence electrons. The first-order chi connectivity index (χ1) is 13.7. The van der Waals surface area contributed by atoms with E-state index < -0.39 is 0 Å². The number of amides is 1. The number of nitrogens with zero attached hydrogens (tertiary/aromatic N) is 2. The van der Waals surface area contributed by atoms with E-state index in [0.29, 0.717) is 26.2 Å². The summed E-state index contributed by atoms with van der Waals surface area (Å²) in [4.78, 5) is 16.8. The van der Waals surface area contributed by atoms with Crippen LogP contribution in [0.3, 0.4) is 0 Å². The van der Waals surface area contributed by atoms with E-state index >= 15 is 0 Å². The third-order valence-electron chi connectivity index (χ3n) is 6.42. The number of hydrogen-bond donors (Lipinski definition) is 0. The van der Waals surface area contributed by atoms with E-state index in [0.717, 1.165) is 48.0 Å². The second-order valence-corrected chi connectivity index (χ2v) is 8.04. The van der Waals surface area contributed by atoms with Crippen LogP contribution in [-0.2, 0) is 10.2 Å². The lowest BCUT2D eigenvalue weighted by molar-refractivity contribution is -0.117. The van der Waals surface area contributed by atoms with Gasteiger partial charge in [-0.2, -0.15) is 0 Å². The Morgan fingerprint density at radius 2 is 1.79 bits per heavy atom. The van der Waals surface area contributed by atoms with Gasteiger partial charge in [-0.3, -0.25) is 4.79 Å². The summed E-state index contributed by atoms with van der Waals surface area (Å²) in [5.74, 6) is 2.59. The van der Waals surface area contributed by atoms with Gasteiger partial charge in [0.2, 0.25) is 5.91 Å². The van der Waals surface area contributed by atoms with Gasteiger partial charge in [-0.1, -0.05) is 6.07 Å². The van der Waals surface area contributed by atoms with Crippen LogP contribution in [-0.4, -0.2) is 45.9 Å². The molecule has 1 atom stereocenters. The number of hydrogen-bond acceptors (Lipinski definition) is 5. The molecule has 0 radical (unpaired) electrons. The molecule has 0 bridgehead atoms. The highest BCUT2D eigenvalue weighted by Gasteiger charge is 2.52. The van der Waals surface area contributed by atoms with Gasteiger partial charge >= 0.3 is 0 Å². The van der Waals surface area contributed by atoms with Crippen molar-refractivity contribution < 1.29 is 19.0 Å². The lowest BCUT2D eigenvalue weighted by Crippen LogP contribution is -2.36. The van der Waals surface area contributed by atoms with Crippen LogP contribution in [0.1, 0.15) is 24.0 Å². The number of likely N-dealkylation sites (N-methyl/N-ethyl adjacent to an activating group) is 1. The minimum Gasteiger partial charge on any atom is -0.492 e. The van der Waals surface area contributed by atoms with E-state index in [4.69, 9.17) is 14.2 Å². The topological polar surface area (TPSA) is 51.2 Å². The summed E-state index contributed by atoms with van der Waals surface area (Å²) >= 11 is 0. The molecule has 1 saturated heterocycles. The SMILES string of the molecule is CN1CC2(COc3cc4c(cc32)OCCO4)c2c1cccc2N1CCCC1=O. The molecule has 4 heterocycles. The predicted octanol–water partition coefficient (Wildman–Crippen LogP) is 2.71. The van der Waals surface area contributed by atoms with Gasteiger partial charge in [0.1, 0.15) is 25.6 Å². The number of carbonyl (C=O) groups excluding carboxylic acids is 1. The van der Waals surface area contributed by atoms with Gasteiger partial charge in [0, 0.05) is 55.1 Å². The first kappa shape index (κ1) is 16.1. The van der Waals surface area contributed by atoms with E-state index in [1.54, 1.807) is 0 Å². The molecular formula is C22H22N2O4. The second kappa shape index (κ2) is 5.56. The van der Waals surface area contributed by atoms with E-state index in [9.17, 15) is 4.79 Å². The van der Waals surface area contributed by atoms with Crippen molar-refractivity contribution in [2.24, 2.45) is 0 Å². The van der Waals surface area contributed by atoms with E-state index in [1.807, 2.05) is 11.0 Å². The summed E-state index contributed by atoms with van der Waals surface area (Å²) in [6, 6.07) is 10.3. The molecule has 0 aliphatic carbocycles. The maximum Gasteiger partial charge on any atom is 0.227 e. The molecular weight excluding hydrogens is 356 g/mol. The number of benzene rings is 2. The fraction of sp³-hybridized carbons (Fsp3) is 0.409. The van der Waals surface area contributed by atoms with Crippen LogP contribution in [0.5, 0.6) is 17.2 Å². The number of ether oxygens (including phenoxy) is 3. The molecule has 28 heavy (non-hydrogen) atoms. The summed E-state index contributed by atoms with van der Waals surface area (Å²) in [5.41, 5.74) is 4.21. The first-order valence-electron chi connectivity index (χ1n) is 9.89. The highest BCUT2D eigenvalue weighted by molar-refractivity contribution is 5.98. The minimum atomic E-state index is -0.311. The first-order valence-corrected chi connectivity index (χ1v) is 9.89. The second-order valence-electron chi connectivity index (χ2n) is 8.04. The Hall–Kier alpha value is -2.89. The highest BCUT2D eigenvalue weighted by Crippen LogP contribution is 2.56. The van der Waals surface area contributed by atoms with Crippen LogP contribution >= 0.6 is 0 Å². The molecule has 1 unspecified atom stereocenters. The Morgan fingerprint density at radius 3 is 2.57 bits per heavy atom. The standard InChI is InChI=1S/C22H22N2O4/c1-23-12-22(13-28-17-11-19-18(10-14(17)22)26-8-9-27-19)21-15(23)4-2-5-16(21)24-7-3-6-20(24)25/h2,4-5,10-11H,3,6-9,12-13H2,1H3. The largest absolute Gasteiger partial charge is 0.492 e. The molecule has 2 aromatic carbocycles. The highest BCUT2D eigenvalue weighted by atomic mass is 16.6. The Labute approximate surface area is 163 Å². The molecule has 0 aromatic heterocycles. The monoisotopic (exact) mass is 378 g/mol. The minimum absolute atomic E-state index is 0.208. The molecule has 4 aliphatic heterocycles. The zero-order chi connectivity index (χ0) is 18.9. The molecule has 2 aromatic rings. The Morgan fingerprint density at radius 1 is 1.00 bits per heavy atom. The van der Waals surface area contributed by atoms with Crippen molar-refractivity contribution >= 4 is 17.3 Å². The molecule has 0 N–H and O–H groups in total. The van der Waals surface area contributed by atoms with Gasteiger partial charge < -0.3 is 24.0 Å². The summed E-state index contributed by atoms with van der Waals surface area (Å²) in [6.07, 6.45) is 1.54. The van der Waals surface area contributed by atoms with E-state index in [2.05, 4.69) is 36.2 Å². The number of anilines is 2. The van der Waals surface area contributed by atoms with Gasteiger partial charge in [-0.25, -0.2) is 0 Å². The van der Waals surface area contributed by atoms with Crippen LogP contribution in [0, 0.1) is 0 Å². The molecule has 1 spiro atoms. The van der Waals surface area contributed by atoms with Crippen LogP contribution in [0.2, 0.25) is 0 Å². The van der Waals surface area contributed by atoms with Crippen molar-refractivity contribution in [3.8, 4) is 17.2 Å². The third kappa shape index (κ3) is 2.00. The van der Waals surface area contributed by atoms with Crippen molar-refractivity contribution in [2.75, 3.05) is 49.8 Å². The fourth-order valence-corrected chi connectivity index (χ4v) is 5.21. The number of rotatable bonds is 1. The van der Waals surface area contributed by atoms with Gasteiger partial charge in [-0.15, -0.1) is 0 Å². The van der Waals surface area contributed by atoms with Crippen molar-refractivity contribution in [2.45, 2.75) is 18.3 Å². The third-order valence-corrected chi connectivity index (χ3v) is 6.42. The quantitative estimate of drug-likeness (QED) is 0.764. The maximum atomic E-state index is 12.5. The smallest absolute Gasteiger partial charge is 0.227 e. The zero-order valence-corrected chi connectivity index (χ0v) is 15.9. The van der Waals surface area contributed by atoms with Gasteiger partial charge in [-0.05, 0) is 24.6 Å². The van der Waals surface area contributed by atoms with Crippen molar-refractivity contribution in [1.82, 2.24) is 0 Å². The summed E-state index contributed by atoms with van der Waals surface area (Å²) in [6.45, 7) is 3.27. The lowest BCUT2D eigenvalue weighted by atomic mass is 9.76. The summed E-state index contributed by atoms with van der Waals surface area (Å²) in [7, 11) is 2.11. The molecule has 6 nitrogen and oxygen atoms in total. The maximum absolute atomic E-state index is 12.5. The fourth-order valence-electron chi connectivity index (χ4n) is 5.21. The normalized spacial score (nSPS) is 24.5. The Balaban J connectivity index is 1.57. The average molecular weight is 378 g/mol. The molecule has 6 heteroatoms. The summed E-state index contributed by atoms with van der Waals surface area (Å²) in [5, 5.41) is 0. The Bertz CT molecular complexity index is 1000. The van der Waals surface area contributed by atoms with Crippen molar-refractivity contribution in [3.63, 3.8) is 0 Å². The predicted molar refractivity (Wildman–Crippen MR) is 105 cm³/mol. The van der Waals surface area contributed by atoms with Crippen LogP contribution in [0.25, 0.3) is 0 Å². The average Bonchev–Trinajstić information content (AvgIpc) is 3.38. The Kier molecular flexibility index (Phi) is 3.20. The zero-order valence-electron chi connectivity index (χ0n) is 15.9. The molecule has 1 amide bonds. The summed E-state index contributed by atoms with van der Waals surface area (Å²) < 4.78 is 17.8. The molecule has 0 saturated carbocycles. The van der Waals surface area contributed by atoms with E-state index in [-0.39, 0.29) is 11.3 Å². The number of carbonyl (C=O) groups is 1. The number of fused-ring (bicyclic) bond motifs is 5. The van der Waals surface area contributed by atoms with Crippen LogP contribution in [0.4, 0.5) is 11.4 Å². The molecule has 4 aliphatic rings. The van der Waals surface area contributed by atoms with E-state index in [1.165, 1.54) is 11.3 Å². The van der Waals surface area contributed by atoms with Gasteiger partial charge in [0.05, 0.1) is 5.41 Å². The van der Waals surface area contributed by atoms with Crippen LogP contribution < -0.4 is 24.0 Å². The van der Waals surface area contributed by atoms with Crippen molar-refractivity contribution in [1.29, 1.82) is 0 Å². The van der Waals surface area contributed by atoms with Gasteiger partial charge in [0.25, 0.3) is 0 Å². The van der Waals surface area contributed by atoms with Gasteiger partial charge in [0.15, 0.2) is 11.5 Å².